The molecule has 1 N–H and O–H groups in total. The maximum Gasteiger partial charge on any atom is 0.416 e. The molecule has 0 saturated carbocycles. The molecule has 1 saturated heterocycles. The zero-order chi connectivity index (χ0) is 26.0. The first-order valence-corrected chi connectivity index (χ1v) is 11.8. The lowest BCUT2D eigenvalue weighted by atomic mass is 10.1. The number of hydrogen-bond donors (Lipinski definition) is 1. The van der Waals surface area contributed by atoms with Crippen LogP contribution in [0, 0.1) is 6.92 Å². The SMILES string of the molecule is Cc1nc(SCc2cc(N3CCC(F)(F)CC3)cc(N(CC(F)(F)F)C(=O)OC(C)(C)C)n2)n[nH]1. The summed E-state index contributed by atoms with van der Waals surface area (Å²) in [4.78, 5) is 23.2. The van der Waals surface area contributed by atoms with Gasteiger partial charge in [-0.3, -0.25) is 10.00 Å². The third-order valence-corrected chi connectivity index (χ3v) is 5.74. The molecule has 2 aromatic rings. The fourth-order valence-electron chi connectivity index (χ4n) is 3.30. The topological polar surface area (TPSA) is 87.2 Å². The molecule has 0 unspecified atom stereocenters. The van der Waals surface area contributed by atoms with Crippen LogP contribution < -0.4 is 9.80 Å². The molecule has 2 aromatic heterocycles. The number of nitrogens with one attached hydrogen (secondary N) is 1. The molecule has 0 atom stereocenters. The molecule has 1 amide bonds. The van der Waals surface area contributed by atoms with Gasteiger partial charge >= 0.3 is 12.3 Å². The highest BCUT2D eigenvalue weighted by Gasteiger charge is 2.38. The molecule has 1 aliphatic rings. The van der Waals surface area contributed by atoms with E-state index in [9.17, 15) is 26.7 Å². The molecule has 0 radical (unpaired) electrons. The molecule has 194 valence electrons. The number of rotatable bonds is 6. The number of thioether (sulfide) groups is 1. The van der Waals surface area contributed by atoms with Gasteiger partial charge in [0, 0.05) is 43.4 Å². The Labute approximate surface area is 203 Å². The monoisotopic (exact) mass is 522 g/mol. The predicted octanol–water partition coefficient (Wildman–Crippen LogP) is 5.34. The van der Waals surface area contributed by atoms with E-state index < -0.39 is 30.3 Å². The maximum atomic E-state index is 13.7. The molecule has 0 spiro atoms. The molecule has 8 nitrogen and oxygen atoms in total. The van der Waals surface area contributed by atoms with Crippen molar-refractivity contribution in [1.29, 1.82) is 0 Å². The summed E-state index contributed by atoms with van der Waals surface area (Å²) >= 11 is 1.19. The average Bonchev–Trinajstić information content (AvgIpc) is 3.13. The van der Waals surface area contributed by atoms with Crippen LogP contribution in [0.25, 0.3) is 0 Å². The molecule has 35 heavy (non-hydrogen) atoms. The highest BCUT2D eigenvalue weighted by atomic mass is 32.2. The minimum Gasteiger partial charge on any atom is -0.443 e. The summed E-state index contributed by atoms with van der Waals surface area (Å²) in [6, 6.07) is 2.91. The van der Waals surface area contributed by atoms with E-state index in [1.165, 1.54) is 38.6 Å². The van der Waals surface area contributed by atoms with Gasteiger partial charge in [-0.2, -0.15) is 13.2 Å². The third-order valence-electron chi connectivity index (χ3n) is 4.86. The second-order valence-corrected chi connectivity index (χ2v) is 10.1. The molecule has 3 heterocycles. The van der Waals surface area contributed by atoms with Crippen molar-refractivity contribution in [3.8, 4) is 0 Å². The first-order valence-electron chi connectivity index (χ1n) is 10.8. The summed E-state index contributed by atoms with van der Waals surface area (Å²) in [7, 11) is 0. The minimum absolute atomic E-state index is 0.00879. The lowest BCUT2D eigenvalue weighted by molar-refractivity contribution is -0.119. The summed E-state index contributed by atoms with van der Waals surface area (Å²) in [5.74, 6) is -2.32. The average molecular weight is 523 g/mol. The highest BCUT2D eigenvalue weighted by Crippen LogP contribution is 2.34. The number of aromatic nitrogens is 4. The number of amides is 1. The van der Waals surface area contributed by atoms with E-state index in [0.717, 1.165) is 0 Å². The molecular formula is C21H27F5N6O2S. The smallest absolute Gasteiger partial charge is 0.416 e. The Kier molecular flexibility index (Phi) is 7.82. The molecular weight excluding hydrogens is 495 g/mol. The van der Waals surface area contributed by atoms with Gasteiger partial charge in [0.25, 0.3) is 5.92 Å². The summed E-state index contributed by atoms with van der Waals surface area (Å²) in [6.07, 6.45) is -6.71. The van der Waals surface area contributed by atoms with Crippen LogP contribution in [0.5, 0.6) is 0 Å². The molecule has 3 rings (SSSR count). The van der Waals surface area contributed by atoms with E-state index >= 15 is 0 Å². The van der Waals surface area contributed by atoms with E-state index in [2.05, 4.69) is 20.2 Å². The van der Waals surface area contributed by atoms with Crippen molar-refractivity contribution in [2.45, 2.75) is 69.1 Å². The first kappa shape index (κ1) is 27.0. The zero-order valence-corrected chi connectivity index (χ0v) is 20.6. The van der Waals surface area contributed by atoms with Crippen molar-refractivity contribution in [3.63, 3.8) is 0 Å². The van der Waals surface area contributed by atoms with Gasteiger partial charge in [0.1, 0.15) is 23.8 Å². The van der Waals surface area contributed by atoms with Crippen LogP contribution in [0.4, 0.5) is 38.3 Å². The number of carbonyl (C=O) groups is 1. The van der Waals surface area contributed by atoms with Crippen LogP contribution in [0.1, 0.15) is 45.1 Å². The maximum absolute atomic E-state index is 13.7. The number of carbonyl (C=O) groups excluding carboxylic acids is 1. The number of H-pyrrole nitrogens is 1. The van der Waals surface area contributed by atoms with Gasteiger partial charge in [-0.25, -0.2) is 23.5 Å². The van der Waals surface area contributed by atoms with Gasteiger partial charge in [0.15, 0.2) is 0 Å². The number of piperidine rings is 1. The Hall–Kier alpha value is -2.64. The number of ether oxygens (including phenoxy) is 1. The largest absolute Gasteiger partial charge is 0.443 e. The second-order valence-electron chi connectivity index (χ2n) is 9.19. The number of pyridine rings is 1. The number of halogens is 5. The van der Waals surface area contributed by atoms with Crippen LogP contribution in [0.2, 0.25) is 0 Å². The van der Waals surface area contributed by atoms with Crippen LogP contribution in [-0.2, 0) is 10.5 Å². The highest BCUT2D eigenvalue weighted by molar-refractivity contribution is 7.98. The molecule has 0 bridgehead atoms. The normalized spacial score (nSPS) is 16.3. The first-order chi connectivity index (χ1) is 16.1. The number of alkyl halides is 5. The van der Waals surface area contributed by atoms with E-state index in [4.69, 9.17) is 4.74 Å². The van der Waals surface area contributed by atoms with Gasteiger partial charge in [-0.05, 0) is 33.8 Å². The number of hydrogen-bond acceptors (Lipinski definition) is 7. The van der Waals surface area contributed by atoms with Crippen LogP contribution in [0.15, 0.2) is 17.3 Å². The van der Waals surface area contributed by atoms with Crippen molar-refractivity contribution in [1.82, 2.24) is 20.2 Å². The summed E-state index contributed by atoms with van der Waals surface area (Å²) < 4.78 is 72.8. The Morgan fingerprint density at radius 1 is 1.20 bits per heavy atom. The summed E-state index contributed by atoms with van der Waals surface area (Å²) in [5.41, 5.74) is -0.319. The van der Waals surface area contributed by atoms with Crippen LogP contribution >= 0.6 is 11.8 Å². The second kappa shape index (κ2) is 10.2. The van der Waals surface area contributed by atoms with Crippen LogP contribution in [-0.4, -0.2) is 63.6 Å². The quantitative estimate of drug-likeness (QED) is 0.405. The third kappa shape index (κ3) is 8.22. The molecule has 1 aliphatic heterocycles. The Morgan fingerprint density at radius 2 is 1.86 bits per heavy atom. The number of nitrogens with zero attached hydrogens (tertiary/aromatic N) is 5. The van der Waals surface area contributed by atoms with Crippen LogP contribution in [0.3, 0.4) is 0 Å². The van der Waals surface area contributed by atoms with Gasteiger partial charge in [0.05, 0.1) is 5.69 Å². The molecule has 0 aromatic carbocycles. The van der Waals surface area contributed by atoms with E-state index in [-0.39, 0.29) is 37.5 Å². The minimum atomic E-state index is -4.73. The zero-order valence-electron chi connectivity index (χ0n) is 19.7. The summed E-state index contributed by atoms with van der Waals surface area (Å²) in [6.45, 7) is 4.73. The van der Waals surface area contributed by atoms with Crippen molar-refractivity contribution in [2.75, 3.05) is 29.4 Å². The van der Waals surface area contributed by atoms with Crippen molar-refractivity contribution >= 4 is 29.4 Å². The lowest BCUT2D eigenvalue weighted by Crippen LogP contribution is -2.43. The van der Waals surface area contributed by atoms with Crippen molar-refractivity contribution in [2.24, 2.45) is 0 Å². The lowest BCUT2D eigenvalue weighted by Gasteiger charge is -2.34. The van der Waals surface area contributed by atoms with Gasteiger partial charge in [-0.15, -0.1) is 5.10 Å². The Morgan fingerprint density at radius 3 is 2.40 bits per heavy atom. The van der Waals surface area contributed by atoms with E-state index in [0.29, 0.717) is 27.3 Å². The molecule has 14 heteroatoms. The van der Waals surface area contributed by atoms with E-state index in [1.807, 2.05) is 0 Å². The molecule has 1 fully saturated rings. The van der Waals surface area contributed by atoms with E-state index in [1.54, 1.807) is 17.9 Å². The van der Waals surface area contributed by atoms with Crippen molar-refractivity contribution in [3.05, 3.63) is 23.7 Å². The fraction of sp³-hybridized carbons (Fsp3) is 0.619. The Bertz CT molecular complexity index is 1030. The number of aromatic amines is 1. The summed E-state index contributed by atoms with van der Waals surface area (Å²) in [5, 5.41) is 7.11. The predicted molar refractivity (Wildman–Crippen MR) is 121 cm³/mol. The number of aryl methyl sites for hydroxylation is 1. The number of anilines is 2. The van der Waals surface area contributed by atoms with Crippen molar-refractivity contribution < 1.29 is 31.5 Å². The van der Waals surface area contributed by atoms with Gasteiger partial charge in [-0.1, -0.05) is 11.8 Å². The van der Waals surface area contributed by atoms with Gasteiger partial charge < -0.3 is 9.64 Å². The standard InChI is InChI=1S/C21H27F5N6O2S/c1-13-27-17(30-29-13)35-11-14-9-15(31-7-5-20(22,23)6-8-31)10-16(28-14)32(12-21(24,25)26)18(33)34-19(2,3)4/h9-10H,5-8,11-12H2,1-4H3,(H,27,29,30). The van der Waals surface area contributed by atoms with Gasteiger partial charge in [0.2, 0.25) is 5.16 Å². The fourth-order valence-corrected chi connectivity index (χ4v) is 4.04. The Balaban J connectivity index is 1.97. The molecule has 0 aliphatic carbocycles.